The molecule has 2 N–H and O–H groups in total. The third-order valence-corrected chi connectivity index (χ3v) is 5.81. The number of hydrogen-bond donors (Lipinski definition) is 2. The molecule has 1 aromatic heterocycles. The average molecular weight is 415 g/mol. The number of nitrogens with zero attached hydrogens (tertiary/aromatic N) is 3. The Hall–Kier alpha value is -2.94. The summed E-state index contributed by atoms with van der Waals surface area (Å²) in [6, 6.07) is 11.5. The van der Waals surface area contributed by atoms with Gasteiger partial charge in [0.15, 0.2) is 5.82 Å². The zero-order valence-electron chi connectivity index (χ0n) is 15.6. The van der Waals surface area contributed by atoms with Crippen LogP contribution < -0.4 is 10.7 Å². The molecule has 29 heavy (non-hydrogen) atoms. The van der Waals surface area contributed by atoms with Crippen molar-refractivity contribution in [3.8, 4) is 0 Å². The molecule has 0 saturated carbocycles. The highest BCUT2D eigenvalue weighted by Gasteiger charge is 2.38. The van der Waals surface area contributed by atoms with E-state index in [1.54, 1.807) is 28.9 Å². The van der Waals surface area contributed by atoms with E-state index in [0.29, 0.717) is 5.16 Å². The molecule has 2 aromatic carbocycles. The summed E-state index contributed by atoms with van der Waals surface area (Å²) in [6.45, 7) is 2.04. The number of amides is 1. The van der Waals surface area contributed by atoms with E-state index in [4.69, 9.17) is 0 Å². The smallest absolute Gasteiger partial charge is 0.240 e. The summed E-state index contributed by atoms with van der Waals surface area (Å²) in [5.41, 5.74) is 4.13. The molecule has 6 nitrogen and oxygen atoms in total. The number of halogens is 2. The fourth-order valence-electron chi connectivity index (χ4n) is 3.17. The third-order valence-electron chi connectivity index (χ3n) is 4.60. The number of thioether (sulfide) groups is 1. The van der Waals surface area contributed by atoms with Crippen LogP contribution in [-0.4, -0.2) is 26.0 Å². The summed E-state index contributed by atoms with van der Waals surface area (Å²) in [6.07, 6.45) is 1.62. The van der Waals surface area contributed by atoms with Gasteiger partial charge in [-0.05, 0) is 36.2 Å². The van der Waals surface area contributed by atoms with E-state index in [1.165, 1.54) is 36.0 Å². The molecule has 2 atom stereocenters. The van der Waals surface area contributed by atoms with Crippen LogP contribution in [-0.2, 0) is 11.2 Å². The largest absolute Gasteiger partial charge is 0.323 e. The lowest BCUT2D eigenvalue weighted by molar-refractivity contribution is -0.116. The molecular formula is C20H19F2N5OS. The Morgan fingerprint density at radius 3 is 2.66 bits per heavy atom. The number of aryl methyl sites for hydroxylation is 1. The van der Waals surface area contributed by atoms with E-state index in [0.717, 1.165) is 24.2 Å². The molecule has 0 unspecified atom stereocenters. The van der Waals surface area contributed by atoms with Crippen LogP contribution in [0, 0.1) is 11.6 Å². The van der Waals surface area contributed by atoms with Gasteiger partial charge in [-0.3, -0.25) is 4.79 Å². The maximum Gasteiger partial charge on any atom is 0.240 e. The molecule has 9 heteroatoms. The Kier molecular flexibility index (Phi) is 5.48. The lowest BCUT2D eigenvalue weighted by Crippen LogP contribution is -2.41. The van der Waals surface area contributed by atoms with E-state index in [9.17, 15) is 13.6 Å². The minimum absolute atomic E-state index is 0.106. The SMILES string of the molecule is CCCc1nnc2n1N[C@H](c1ccc(F)cc1)[C@@H](C(=O)Nc1ccccc1F)S2. The van der Waals surface area contributed by atoms with Crippen molar-refractivity contribution in [3.05, 3.63) is 71.6 Å². The van der Waals surface area contributed by atoms with Crippen LogP contribution >= 0.6 is 11.8 Å². The Balaban J connectivity index is 1.67. The number of hydrogen-bond acceptors (Lipinski definition) is 5. The summed E-state index contributed by atoms with van der Waals surface area (Å²) in [5, 5.41) is 10.9. The molecule has 1 aliphatic heterocycles. The number of aromatic nitrogens is 3. The standard InChI is InChI=1S/C20H19F2N5OS/c1-2-5-16-24-25-20-27(16)26-17(12-8-10-13(21)11-9-12)18(29-20)19(28)23-15-7-4-3-6-14(15)22/h3-4,6-11,17-18,26H,2,5H2,1H3,(H,23,28)/t17-,18+/m1/s1. The Morgan fingerprint density at radius 1 is 1.17 bits per heavy atom. The highest BCUT2D eigenvalue weighted by molar-refractivity contribution is 8.00. The maximum atomic E-state index is 14.0. The van der Waals surface area contributed by atoms with Crippen LogP contribution in [0.1, 0.15) is 30.8 Å². The van der Waals surface area contributed by atoms with Gasteiger partial charge in [-0.2, -0.15) is 0 Å². The van der Waals surface area contributed by atoms with Crippen molar-refractivity contribution in [2.75, 3.05) is 10.7 Å². The number of nitrogens with one attached hydrogen (secondary N) is 2. The molecule has 1 aliphatic rings. The summed E-state index contributed by atoms with van der Waals surface area (Å²) < 4.78 is 29.2. The van der Waals surface area contributed by atoms with Gasteiger partial charge in [-0.25, -0.2) is 13.5 Å². The van der Waals surface area contributed by atoms with Crippen molar-refractivity contribution in [1.29, 1.82) is 0 Å². The minimum Gasteiger partial charge on any atom is -0.323 e. The van der Waals surface area contributed by atoms with Crippen LogP contribution in [0.15, 0.2) is 53.7 Å². The van der Waals surface area contributed by atoms with E-state index in [2.05, 4.69) is 20.9 Å². The van der Waals surface area contributed by atoms with Gasteiger partial charge in [-0.1, -0.05) is 43.0 Å². The molecule has 0 aliphatic carbocycles. The van der Waals surface area contributed by atoms with Gasteiger partial charge in [0.1, 0.15) is 16.9 Å². The first-order valence-electron chi connectivity index (χ1n) is 9.25. The summed E-state index contributed by atoms with van der Waals surface area (Å²) in [5.74, 6) is -0.495. The maximum absolute atomic E-state index is 14.0. The molecule has 0 saturated heterocycles. The molecule has 1 amide bonds. The molecule has 0 radical (unpaired) electrons. The van der Waals surface area contributed by atoms with Gasteiger partial charge in [-0.15, -0.1) is 10.2 Å². The topological polar surface area (TPSA) is 71.8 Å². The van der Waals surface area contributed by atoms with Gasteiger partial charge in [0.05, 0.1) is 11.7 Å². The van der Waals surface area contributed by atoms with Gasteiger partial charge in [0, 0.05) is 6.42 Å². The fraction of sp³-hybridized carbons (Fsp3) is 0.250. The summed E-state index contributed by atoms with van der Waals surface area (Å²) >= 11 is 1.24. The first-order chi connectivity index (χ1) is 14.1. The van der Waals surface area contributed by atoms with Crippen LogP contribution in [0.4, 0.5) is 14.5 Å². The van der Waals surface area contributed by atoms with Crippen molar-refractivity contribution in [2.45, 2.75) is 36.2 Å². The van der Waals surface area contributed by atoms with Gasteiger partial charge >= 0.3 is 0 Å². The van der Waals surface area contributed by atoms with Gasteiger partial charge in [0.25, 0.3) is 0 Å². The highest BCUT2D eigenvalue weighted by Crippen LogP contribution is 2.37. The van der Waals surface area contributed by atoms with Crippen molar-refractivity contribution in [2.24, 2.45) is 0 Å². The molecule has 0 fully saturated rings. The van der Waals surface area contributed by atoms with Crippen LogP contribution in [0.5, 0.6) is 0 Å². The Bertz CT molecular complexity index is 1020. The number of fused-ring (bicyclic) bond motifs is 1. The number of benzene rings is 2. The quantitative estimate of drug-likeness (QED) is 0.661. The number of para-hydroxylation sites is 1. The van der Waals surface area contributed by atoms with E-state index < -0.39 is 17.1 Å². The van der Waals surface area contributed by atoms with Gasteiger partial charge in [0.2, 0.25) is 11.1 Å². The second-order valence-corrected chi connectivity index (χ2v) is 7.76. The van der Waals surface area contributed by atoms with Crippen molar-refractivity contribution < 1.29 is 13.6 Å². The number of anilines is 1. The van der Waals surface area contributed by atoms with Crippen molar-refractivity contribution in [3.63, 3.8) is 0 Å². The molecule has 4 rings (SSSR count). The van der Waals surface area contributed by atoms with E-state index in [-0.39, 0.29) is 17.4 Å². The van der Waals surface area contributed by atoms with Crippen LogP contribution in [0.3, 0.4) is 0 Å². The fourth-order valence-corrected chi connectivity index (χ4v) is 4.27. The lowest BCUT2D eigenvalue weighted by atomic mass is 10.0. The molecular weight excluding hydrogens is 396 g/mol. The predicted molar refractivity (Wildman–Crippen MR) is 107 cm³/mol. The number of carbonyl (C=O) groups excluding carboxylic acids is 1. The van der Waals surface area contributed by atoms with Crippen LogP contribution in [0.25, 0.3) is 0 Å². The zero-order chi connectivity index (χ0) is 20.4. The molecule has 2 heterocycles. The Morgan fingerprint density at radius 2 is 1.93 bits per heavy atom. The second kappa shape index (κ2) is 8.20. The molecule has 150 valence electrons. The zero-order valence-corrected chi connectivity index (χ0v) is 16.4. The normalized spacial score (nSPS) is 18.0. The summed E-state index contributed by atoms with van der Waals surface area (Å²) in [4.78, 5) is 13.0. The van der Waals surface area contributed by atoms with Crippen molar-refractivity contribution in [1.82, 2.24) is 14.9 Å². The lowest BCUT2D eigenvalue weighted by Gasteiger charge is -2.33. The first-order valence-corrected chi connectivity index (χ1v) is 10.1. The first kappa shape index (κ1) is 19.4. The van der Waals surface area contributed by atoms with Crippen molar-refractivity contribution >= 4 is 23.4 Å². The average Bonchev–Trinajstić information content (AvgIpc) is 3.11. The Labute approximate surface area is 170 Å². The number of carbonyl (C=O) groups is 1. The second-order valence-electron chi connectivity index (χ2n) is 6.65. The van der Waals surface area contributed by atoms with Gasteiger partial charge < -0.3 is 10.7 Å². The summed E-state index contributed by atoms with van der Waals surface area (Å²) in [7, 11) is 0. The number of rotatable bonds is 5. The minimum atomic E-state index is -0.661. The molecule has 0 spiro atoms. The van der Waals surface area contributed by atoms with Crippen LogP contribution in [0.2, 0.25) is 0 Å². The van der Waals surface area contributed by atoms with E-state index >= 15 is 0 Å². The molecule has 0 bridgehead atoms. The molecule has 3 aromatic rings. The highest BCUT2D eigenvalue weighted by atomic mass is 32.2. The monoisotopic (exact) mass is 415 g/mol. The van der Waals surface area contributed by atoms with E-state index in [1.807, 2.05) is 6.92 Å². The third kappa shape index (κ3) is 3.95. The predicted octanol–water partition coefficient (Wildman–Crippen LogP) is 3.91.